The number of fused-ring (bicyclic) bond motifs is 1. The van der Waals surface area contributed by atoms with Crippen LogP contribution in [0.25, 0.3) is 0 Å². The third kappa shape index (κ3) is 13.4. The zero-order valence-electron chi connectivity index (χ0n) is 21.2. The molecule has 16 nitrogen and oxygen atoms in total. The molecule has 0 amide bonds. The van der Waals surface area contributed by atoms with Gasteiger partial charge in [0.2, 0.25) is 0 Å². The number of alkyl halides is 6. The maximum atomic E-state index is 13.3. The van der Waals surface area contributed by atoms with Gasteiger partial charge in [-0.05, 0) is 22.5 Å². The molecule has 1 aliphatic heterocycles. The fraction of sp³-hybridized carbons (Fsp3) is 0.733. The molecule has 5 unspecified atom stereocenters. The van der Waals surface area contributed by atoms with Gasteiger partial charge in [0.05, 0.1) is 13.0 Å². The summed E-state index contributed by atoms with van der Waals surface area (Å²) >= 11 is -2.41. The van der Waals surface area contributed by atoms with Gasteiger partial charge in [-0.15, -0.1) is 4.33 Å². The van der Waals surface area contributed by atoms with Crippen LogP contribution in [0.5, 0.6) is 0 Å². The van der Waals surface area contributed by atoms with Crippen LogP contribution in [0, 0.1) is 17.8 Å². The molecule has 0 spiro atoms. The van der Waals surface area contributed by atoms with E-state index in [4.69, 9.17) is 19.8 Å². The number of carboxylic acids is 1. The summed E-state index contributed by atoms with van der Waals surface area (Å²) in [5.74, 6) is -6.88. The van der Waals surface area contributed by atoms with E-state index < -0.39 is 82.0 Å². The van der Waals surface area contributed by atoms with Crippen LogP contribution < -0.4 is 69.6 Å². The fourth-order valence-corrected chi connectivity index (χ4v) is 4.32. The Kier molecular flexibility index (Phi) is 21.4. The van der Waals surface area contributed by atoms with E-state index in [1.54, 1.807) is 0 Å². The summed E-state index contributed by atoms with van der Waals surface area (Å²) in [5, 5.41) is 21.5. The van der Waals surface area contributed by atoms with Crippen molar-refractivity contribution < 1.29 is 167 Å². The van der Waals surface area contributed by atoms with E-state index in [1.165, 1.54) is 0 Å². The number of hydrogen-bond acceptors (Lipinski definition) is 18. The van der Waals surface area contributed by atoms with E-state index in [0.29, 0.717) is 12.8 Å². The minimum absolute atomic E-state index is 0. The van der Waals surface area contributed by atoms with Gasteiger partial charge in [-0.3, -0.25) is 14.9 Å². The zero-order chi connectivity index (χ0) is 31.6. The number of halogens is 7. The number of esters is 3. The summed E-state index contributed by atoms with van der Waals surface area (Å²) in [7, 11) is 0.757. The molecule has 238 valence electrons. The summed E-state index contributed by atoms with van der Waals surface area (Å²) in [6, 6.07) is 0. The molecule has 1 saturated heterocycles. The summed E-state index contributed by atoms with van der Waals surface area (Å²) in [5.41, 5.74) is 0. The van der Waals surface area contributed by atoms with Crippen molar-refractivity contribution in [1.82, 2.24) is 0 Å². The number of rotatable bonds is 13. The van der Waals surface area contributed by atoms with E-state index >= 15 is 0 Å². The van der Waals surface area contributed by atoms with Gasteiger partial charge in [0.15, 0.2) is 0 Å². The Morgan fingerprint density at radius 1 is 0.884 bits per heavy atom. The van der Waals surface area contributed by atoms with Crippen LogP contribution in [-0.4, -0.2) is 64.1 Å². The predicted octanol–water partition coefficient (Wildman–Crippen LogP) is -5.28. The molecule has 3 fully saturated rings. The van der Waals surface area contributed by atoms with Crippen molar-refractivity contribution in [3.63, 3.8) is 0 Å². The summed E-state index contributed by atoms with van der Waals surface area (Å²) < 4.78 is 108. The number of aliphatic carboxylic acids is 1. The van der Waals surface area contributed by atoms with Crippen LogP contribution in [-0.2, 0) is 61.6 Å². The Hall–Kier alpha value is 0.120. The van der Waals surface area contributed by atoms with Crippen LogP contribution in [0.4, 0.5) is 30.9 Å². The van der Waals surface area contributed by atoms with E-state index in [-0.39, 0.29) is 82.8 Å². The Morgan fingerprint density at radius 3 is 1.84 bits per heavy atom. The van der Waals surface area contributed by atoms with Gasteiger partial charge in [0.1, 0.15) is 48.3 Å². The third-order valence-electron chi connectivity index (χ3n) is 5.06. The smallest absolute Gasteiger partial charge is 0.691 e. The molecule has 1 N–H and O–H groups in total. The normalized spacial score (nSPS) is 23.3. The van der Waals surface area contributed by atoms with Crippen molar-refractivity contribution in [2.45, 2.75) is 40.8 Å². The van der Waals surface area contributed by atoms with Gasteiger partial charge >= 0.3 is 98.8 Å². The van der Waals surface area contributed by atoms with E-state index in [1.807, 2.05) is 0 Å². The molecule has 2 aliphatic carbocycles. The van der Waals surface area contributed by atoms with Crippen LogP contribution in [0.1, 0.15) is 12.8 Å². The molecule has 0 aromatic carbocycles. The van der Waals surface area contributed by atoms with Crippen LogP contribution in [0.3, 0.4) is 0 Å². The number of methoxy groups -OCH3 is 1. The average molecular weight is 724 g/mol. The molecule has 43 heavy (non-hydrogen) atoms. The Bertz CT molecular complexity index is 930. The second kappa shape index (κ2) is 20.4. The number of carbonyl (C=O) groups excluding carboxylic acids is 3. The van der Waals surface area contributed by atoms with Crippen molar-refractivity contribution in [2.24, 2.45) is 17.8 Å². The third-order valence-corrected chi connectivity index (χ3v) is 6.57. The van der Waals surface area contributed by atoms with Gasteiger partial charge in [-0.2, -0.15) is 35.0 Å². The van der Waals surface area contributed by atoms with Crippen molar-refractivity contribution in [3.05, 3.63) is 0 Å². The fourth-order valence-electron chi connectivity index (χ4n) is 3.65. The first-order chi connectivity index (χ1) is 19.0. The second-order valence-corrected chi connectivity index (χ2v) is 9.72. The molecule has 5 atom stereocenters. The van der Waals surface area contributed by atoms with Gasteiger partial charge in [-0.25, -0.2) is 14.4 Å². The maximum Gasteiger partial charge on any atom is 1.00 e. The Balaban J connectivity index is 0. The molecular weight excluding hydrogens is 711 g/mol. The first-order valence-electron chi connectivity index (χ1n) is 9.77. The molecule has 28 heteroatoms. The van der Waals surface area contributed by atoms with Crippen molar-refractivity contribution in [1.29, 1.82) is 0 Å². The van der Waals surface area contributed by atoms with E-state index in [2.05, 4.69) is 32.9 Å². The molecule has 0 aromatic rings. The number of ether oxygens (including phenoxy) is 3. The zero-order valence-corrected chi connectivity index (χ0v) is 27.7. The minimum Gasteiger partial charge on any atom is -0.691 e. The van der Waals surface area contributed by atoms with E-state index in [0.717, 1.165) is 7.11 Å². The van der Waals surface area contributed by atoms with Crippen LogP contribution >= 0.6 is 36.1 Å². The molecular formula is C15H13F7Na2O16S3. The molecule has 0 aromatic heterocycles. The molecule has 3 rings (SSSR count). The Morgan fingerprint density at radius 2 is 1.37 bits per heavy atom. The average Bonchev–Trinajstić information content (AvgIpc) is 3.55. The molecule has 1 heterocycles. The SMILES string of the molecule is COC(=O)C(F)(F)SOOF.O=C(O)C(F)(F)SOO[O-].O=C1OC2C3CC(CC13)C2OC(=O)C(F)(F)SOO[O-].[Na+].[Na+]. The monoisotopic (exact) mass is 724 g/mol. The number of carboxylic acid groups (broad SMARTS) is 1. The first kappa shape index (κ1) is 45.2. The van der Waals surface area contributed by atoms with E-state index in [9.17, 15) is 55.3 Å². The van der Waals surface area contributed by atoms with Gasteiger partial charge < -0.3 is 29.8 Å². The molecule has 2 saturated carbocycles. The quantitative estimate of drug-likeness (QED) is 0.0357. The van der Waals surface area contributed by atoms with Gasteiger partial charge in [0, 0.05) is 11.8 Å². The largest absolute Gasteiger partial charge is 1.00 e. The van der Waals surface area contributed by atoms with Gasteiger partial charge in [-0.1, -0.05) is 0 Å². The van der Waals surface area contributed by atoms with Crippen molar-refractivity contribution in [2.75, 3.05) is 7.11 Å². The first-order valence-corrected chi connectivity index (χ1v) is 12.0. The summed E-state index contributed by atoms with van der Waals surface area (Å²) in [6.07, 6.45) is -0.406. The number of hydrogen-bond donors (Lipinski definition) is 1. The predicted molar refractivity (Wildman–Crippen MR) is 104 cm³/mol. The summed E-state index contributed by atoms with van der Waals surface area (Å²) in [6.45, 7) is 0. The maximum absolute atomic E-state index is 13.3. The van der Waals surface area contributed by atoms with Crippen LogP contribution in [0.2, 0.25) is 0 Å². The van der Waals surface area contributed by atoms with Gasteiger partial charge in [0.25, 0.3) is 0 Å². The number of carbonyl (C=O) groups is 4. The van der Waals surface area contributed by atoms with Crippen molar-refractivity contribution >= 4 is 60.0 Å². The second-order valence-electron chi connectivity index (χ2n) is 7.27. The van der Waals surface area contributed by atoms with Crippen molar-refractivity contribution in [3.8, 4) is 0 Å². The van der Waals surface area contributed by atoms with Crippen LogP contribution in [0.15, 0.2) is 0 Å². The minimum atomic E-state index is -4.16. The standard InChI is InChI=1S/C10H10F2O7S.C3H3F3O4S.C2H2F2O5S.2Na/c11-10(12,20-19-18-15)9(14)17-6-3-1-4-5(2-3)8(13)16-7(4)6;1-8-2(7)3(4,5)11-10-9-6;3-2(4,1(5)6)10-9-8-7;;/h3-7,15H,1-2H2;1H3;7H,(H,5,6);;/q;;;2*+1/p-2. The Labute approximate surface area is 290 Å². The molecule has 2 bridgehead atoms. The summed E-state index contributed by atoms with van der Waals surface area (Å²) in [4.78, 5) is 42.5. The topological polar surface area (TPSA) is 218 Å². The molecule has 3 aliphatic rings. The molecule has 0 radical (unpaired) electrons.